The number of ether oxygens (including phenoxy) is 2. The van der Waals surface area contributed by atoms with Gasteiger partial charge in [-0.3, -0.25) is 14.2 Å². The molecule has 0 unspecified atom stereocenters. The molecular weight excluding hydrogens is 733 g/mol. The number of rotatable bonds is 7. The summed E-state index contributed by atoms with van der Waals surface area (Å²) in [6.07, 6.45) is 12.4. The number of carbonyl (C=O) groups is 4. The molecule has 3 aromatic rings. The van der Waals surface area contributed by atoms with E-state index in [0.717, 1.165) is 46.6 Å². The predicted octanol–water partition coefficient (Wildman–Crippen LogP) is 7.51. The number of carboxylic acid groups (broad SMARTS) is 1. The van der Waals surface area contributed by atoms with Crippen molar-refractivity contribution < 1.29 is 33.8 Å². The molecule has 13 nitrogen and oxygen atoms in total. The summed E-state index contributed by atoms with van der Waals surface area (Å²) in [6.45, 7) is 9.41. The van der Waals surface area contributed by atoms with Crippen molar-refractivity contribution in [2.24, 2.45) is 5.92 Å². The second-order valence-electron chi connectivity index (χ2n) is 17.3. The fourth-order valence-electron chi connectivity index (χ4n) is 8.59. The Morgan fingerprint density at radius 2 is 1.80 bits per heavy atom. The van der Waals surface area contributed by atoms with E-state index < -0.39 is 53.2 Å². The third-order valence-electron chi connectivity index (χ3n) is 11.6. The first-order valence-corrected chi connectivity index (χ1v) is 21.3. The molecule has 4 heterocycles. The van der Waals surface area contributed by atoms with Gasteiger partial charge in [0.2, 0.25) is 11.8 Å². The summed E-state index contributed by atoms with van der Waals surface area (Å²) in [7, 11) is 0. The smallest absolute Gasteiger partial charge is 0.408 e. The Kier molecular flexibility index (Phi) is 11.5. The lowest BCUT2D eigenvalue weighted by atomic mass is 9.87. The molecule has 7 rings (SSSR count). The molecule has 4 aliphatic rings. The SMILES string of the molecule is CC(C)n1c(O[C@@H]2C[C@H]3C(=O)N[C@]4(C(=O)O)C[C@H]4/C=C\CCCCC[C@H](NC(=O)OC(C)(C)C)C(=O)N3C2)nc2c(-c3nc(C4CCCCC4)cs3)cccc21. The summed E-state index contributed by atoms with van der Waals surface area (Å²) in [5.41, 5.74) is 1.51. The molecule has 302 valence electrons. The minimum absolute atomic E-state index is 0.0335. The Morgan fingerprint density at radius 1 is 1.05 bits per heavy atom. The highest BCUT2D eigenvalue weighted by Crippen LogP contribution is 2.46. The number of imidazole rings is 1. The summed E-state index contributed by atoms with van der Waals surface area (Å²) in [5.74, 6) is -1.97. The van der Waals surface area contributed by atoms with Crippen molar-refractivity contribution >= 4 is 46.2 Å². The van der Waals surface area contributed by atoms with Crippen LogP contribution in [0, 0.1) is 5.92 Å². The molecule has 3 fully saturated rings. The lowest BCUT2D eigenvalue weighted by molar-refractivity contribution is -0.145. The van der Waals surface area contributed by atoms with Crippen LogP contribution in [0.3, 0.4) is 0 Å². The number of nitrogens with one attached hydrogen (secondary N) is 2. The number of para-hydroxylation sites is 1. The molecule has 56 heavy (non-hydrogen) atoms. The lowest BCUT2D eigenvalue weighted by Crippen LogP contribution is -2.56. The molecule has 2 aromatic heterocycles. The van der Waals surface area contributed by atoms with Crippen LogP contribution >= 0.6 is 11.3 Å². The number of aliphatic carboxylic acids is 1. The van der Waals surface area contributed by atoms with Gasteiger partial charge in [0.15, 0.2) is 0 Å². The largest absolute Gasteiger partial charge is 0.479 e. The van der Waals surface area contributed by atoms with Crippen molar-refractivity contribution in [1.29, 1.82) is 0 Å². The van der Waals surface area contributed by atoms with Gasteiger partial charge in [0.1, 0.15) is 39.9 Å². The van der Waals surface area contributed by atoms with Gasteiger partial charge >= 0.3 is 12.1 Å². The Morgan fingerprint density at radius 3 is 2.54 bits per heavy atom. The van der Waals surface area contributed by atoms with E-state index in [9.17, 15) is 24.3 Å². The minimum atomic E-state index is -1.44. The Hall–Kier alpha value is -4.46. The molecule has 2 aliphatic carbocycles. The molecule has 2 saturated carbocycles. The van der Waals surface area contributed by atoms with Gasteiger partial charge in [-0.25, -0.2) is 14.6 Å². The molecule has 1 aromatic carbocycles. The number of thiazole rings is 1. The molecular formula is C42H56N6O7S. The van der Waals surface area contributed by atoms with Crippen LogP contribution in [0.25, 0.3) is 21.6 Å². The van der Waals surface area contributed by atoms with E-state index in [1.807, 2.05) is 34.9 Å². The zero-order chi connectivity index (χ0) is 39.8. The fraction of sp³-hybridized carbons (Fsp3) is 0.619. The highest BCUT2D eigenvalue weighted by atomic mass is 32.1. The monoisotopic (exact) mass is 788 g/mol. The standard InChI is InChI=1S/C42H56N6O7S/c1-25(2)48-32-20-14-18-29(36-43-31(24-56-36)26-15-10-9-11-16-26)34(32)45-39(48)54-28-21-33-35(49)46-42(38(51)52)22-27(42)17-12-7-6-8-13-19-30(37(50)47(33)23-28)44-40(53)55-41(3,4)5/h12,14,17-18,20,24-28,30,33H,6-11,13,15-16,19,21-23H2,1-5H3,(H,44,53)(H,46,49)(H,51,52)/b17-12-/t27-,28-,30+,33+,42-/m1/s1. The molecule has 0 spiro atoms. The van der Waals surface area contributed by atoms with E-state index in [1.165, 1.54) is 37.0 Å². The first-order chi connectivity index (χ1) is 26.7. The summed E-state index contributed by atoms with van der Waals surface area (Å²) in [6, 6.07) is 4.40. The molecule has 1 saturated heterocycles. The van der Waals surface area contributed by atoms with Crippen LogP contribution in [-0.4, -0.2) is 84.3 Å². The number of carboxylic acids is 1. The van der Waals surface area contributed by atoms with Crippen LogP contribution in [0.15, 0.2) is 35.7 Å². The first kappa shape index (κ1) is 39.8. The fourth-order valence-corrected chi connectivity index (χ4v) is 9.52. The molecule has 14 heteroatoms. The Balaban J connectivity index is 1.19. The molecule has 0 radical (unpaired) electrons. The molecule has 0 bridgehead atoms. The zero-order valence-electron chi connectivity index (χ0n) is 33.2. The number of allylic oxidation sites excluding steroid dienone is 1. The summed E-state index contributed by atoms with van der Waals surface area (Å²) in [4.78, 5) is 65.9. The van der Waals surface area contributed by atoms with Crippen LogP contribution in [0.5, 0.6) is 6.01 Å². The van der Waals surface area contributed by atoms with Crippen molar-refractivity contribution in [2.75, 3.05) is 6.54 Å². The Labute approximate surface area is 332 Å². The maximum atomic E-state index is 14.5. The maximum Gasteiger partial charge on any atom is 0.408 e. The van der Waals surface area contributed by atoms with Crippen LogP contribution < -0.4 is 15.4 Å². The summed E-state index contributed by atoms with van der Waals surface area (Å²) >= 11 is 1.63. The van der Waals surface area contributed by atoms with Crippen molar-refractivity contribution in [2.45, 2.75) is 153 Å². The van der Waals surface area contributed by atoms with E-state index >= 15 is 0 Å². The van der Waals surface area contributed by atoms with E-state index in [4.69, 9.17) is 19.4 Å². The van der Waals surface area contributed by atoms with Crippen LogP contribution in [-0.2, 0) is 19.1 Å². The number of carbonyl (C=O) groups excluding carboxylic acids is 3. The number of amides is 3. The predicted molar refractivity (Wildman–Crippen MR) is 214 cm³/mol. The second kappa shape index (κ2) is 16.2. The average molecular weight is 789 g/mol. The molecule has 3 N–H and O–H groups in total. The molecule has 3 amide bonds. The summed E-state index contributed by atoms with van der Waals surface area (Å²) < 4.78 is 14.3. The minimum Gasteiger partial charge on any atom is -0.479 e. The number of hydrogen-bond acceptors (Lipinski definition) is 9. The van der Waals surface area contributed by atoms with Crippen LogP contribution in [0.2, 0.25) is 0 Å². The zero-order valence-corrected chi connectivity index (χ0v) is 34.0. The molecule has 5 atom stereocenters. The average Bonchev–Trinajstić information content (AvgIpc) is 3.50. The van der Waals surface area contributed by atoms with Crippen molar-refractivity contribution in [3.05, 3.63) is 41.4 Å². The van der Waals surface area contributed by atoms with E-state index in [2.05, 4.69) is 29.9 Å². The van der Waals surface area contributed by atoms with Crippen molar-refractivity contribution in [1.82, 2.24) is 30.1 Å². The van der Waals surface area contributed by atoms with E-state index in [0.29, 0.717) is 24.8 Å². The van der Waals surface area contributed by atoms with E-state index in [-0.39, 0.29) is 31.3 Å². The van der Waals surface area contributed by atoms with Gasteiger partial charge < -0.3 is 30.1 Å². The number of hydrogen-bond donors (Lipinski definition) is 3. The van der Waals surface area contributed by atoms with E-state index in [1.54, 1.807) is 32.1 Å². The van der Waals surface area contributed by atoms with Gasteiger partial charge in [-0.15, -0.1) is 11.3 Å². The first-order valence-electron chi connectivity index (χ1n) is 20.4. The quantitative estimate of drug-likeness (QED) is 0.206. The third kappa shape index (κ3) is 8.45. The maximum absolute atomic E-state index is 14.5. The van der Waals surface area contributed by atoms with Crippen molar-refractivity contribution in [3.8, 4) is 16.6 Å². The molecule has 2 aliphatic heterocycles. The second-order valence-corrected chi connectivity index (χ2v) is 18.1. The van der Waals surface area contributed by atoms with Gasteiger partial charge in [-0.2, -0.15) is 4.98 Å². The highest BCUT2D eigenvalue weighted by molar-refractivity contribution is 7.13. The van der Waals surface area contributed by atoms with Gasteiger partial charge in [-0.1, -0.05) is 50.3 Å². The number of benzene rings is 1. The number of nitrogens with zero attached hydrogens (tertiary/aromatic N) is 4. The van der Waals surface area contributed by atoms with Gasteiger partial charge in [-0.05, 0) is 85.3 Å². The topological polar surface area (TPSA) is 165 Å². The van der Waals surface area contributed by atoms with Gasteiger partial charge in [0, 0.05) is 35.2 Å². The number of alkyl carbamates (subject to hydrolysis) is 1. The normalized spacial score (nSPS) is 27.1. The van der Waals surface area contributed by atoms with Crippen LogP contribution in [0.1, 0.15) is 129 Å². The number of fused-ring (bicyclic) bond motifs is 3. The van der Waals surface area contributed by atoms with Gasteiger partial charge in [0.25, 0.3) is 6.01 Å². The van der Waals surface area contributed by atoms with Crippen LogP contribution in [0.4, 0.5) is 4.79 Å². The van der Waals surface area contributed by atoms with Crippen molar-refractivity contribution in [3.63, 3.8) is 0 Å². The Bertz CT molecular complexity index is 1980. The highest BCUT2D eigenvalue weighted by Gasteiger charge is 2.61. The van der Waals surface area contributed by atoms with Gasteiger partial charge in [0.05, 0.1) is 17.8 Å². The third-order valence-corrected chi connectivity index (χ3v) is 12.5. The summed E-state index contributed by atoms with van der Waals surface area (Å²) in [5, 5.41) is 19.0. The number of aromatic nitrogens is 3. The lowest BCUT2D eigenvalue weighted by Gasteiger charge is -2.30.